The van der Waals surface area contributed by atoms with E-state index < -0.39 is 15.6 Å². The lowest BCUT2D eigenvalue weighted by atomic mass is 10.1. The van der Waals surface area contributed by atoms with Crippen molar-refractivity contribution in [3.8, 4) is 17.3 Å². The molecule has 3 rings (SSSR count). The molecule has 3 aromatic rings. The summed E-state index contributed by atoms with van der Waals surface area (Å²) in [5.74, 6) is -0.430. The lowest BCUT2D eigenvalue weighted by Gasteiger charge is -2.18. The number of amides is 1. The van der Waals surface area contributed by atoms with Crippen molar-refractivity contribution in [2.45, 2.75) is 23.9 Å². The Morgan fingerprint density at radius 1 is 1.14 bits per heavy atom. The second kappa shape index (κ2) is 11.6. The number of nitriles is 1. The predicted octanol–water partition coefficient (Wildman–Crippen LogP) is 3.83. The van der Waals surface area contributed by atoms with Crippen LogP contribution < -0.4 is 10.9 Å². The van der Waals surface area contributed by atoms with Crippen molar-refractivity contribution < 1.29 is 13.2 Å². The molecular formula is C23H22BrN5O4S2. The van der Waals surface area contributed by atoms with Gasteiger partial charge in [-0.3, -0.25) is 9.59 Å². The molecule has 0 radical (unpaired) electrons. The van der Waals surface area contributed by atoms with Gasteiger partial charge in [-0.15, -0.1) is 0 Å². The molecule has 2 aromatic carbocycles. The first-order valence-electron chi connectivity index (χ1n) is 10.5. The first kappa shape index (κ1) is 26.6. The largest absolute Gasteiger partial charge is 0.325 e. The van der Waals surface area contributed by atoms with Gasteiger partial charge >= 0.3 is 0 Å². The van der Waals surface area contributed by atoms with Gasteiger partial charge in [0.2, 0.25) is 15.9 Å². The molecule has 0 spiro atoms. The minimum Gasteiger partial charge on any atom is -0.325 e. The minimum atomic E-state index is -3.58. The Morgan fingerprint density at radius 3 is 2.34 bits per heavy atom. The van der Waals surface area contributed by atoms with Crippen molar-refractivity contribution in [3.05, 3.63) is 68.9 Å². The molecule has 0 saturated carbocycles. The zero-order valence-corrected chi connectivity index (χ0v) is 22.1. The molecule has 12 heteroatoms. The van der Waals surface area contributed by atoms with E-state index in [1.54, 1.807) is 38.1 Å². The molecule has 0 aliphatic rings. The standard InChI is InChI=1S/C23H22BrN5O4S2/c1-3-29(4-2)35(32,33)18-11-9-17(10-12-18)26-20(30)14-34-23-27-21(19(13-25)22(31)28-23)15-5-7-16(24)8-6-15/h5-12H,3-4,14H2,1-2H3,(H,26,30)(H,27,28,31). The summed E-state index contributed by atoms with van der Waals surface area (Å²) in [4.78, 5) is 31.9. The van der Waals surface area contributed by atoms with Crippen LogP contribution in [0, 0.1) is 11.3 Å². The SMILES string of the molecule is CCN(CC)S(=O)(=O)c1ccc(NC(=O)CSc2nc(-c3ccc(Br)cc3)c(C#N)c(=O)[nH]2)cc1. The number of anilines is 1. The van der Waals surface area contributed by atoms with Gasteiger partial charge in [0.25, 0.3) is 5.56 Å². The molecule has 1 aromatic heterocycles. The maximum atomic E-state index is 12.6. The number of sulfonamides is 1. The van der Waals surface area contributed by atoms with Crippen molar-refractivity contribution in [3.63, 3.8) is 0 Å². The summed E-state index contributed by atoms with van der Waals surface area (Å²) >= 11 is 4.35. The zero-order valence-electron chi connectivity index (χ0n) is 18.9. The van der Waals surface area contributed by atoms with E-state index in [0.29, 0.717) is 24.3 Å². The van der Waals surface area contributed by atoms with Crippen LogP contribution in [-0.4, -0.2) is 47.4 Å². The summed E-state index contributed by atoms with van der Waals surface area (Å²) < 4.78 is 27.4. The van der Waals surface area contributed by atoms with E-state index in [2.05, 4.69) is 31.2 Å². The van der Waals surface area contributed by atoms with Crippen LogP contribution in [-0.2, 0) is 14.8 Å². The molecule has 0 aliphatic heterocycles. The second-order valence-electron chi connectivity index (χ2n) is 7.16. The highest BCUT2D eigenvalue weighted by Crippen LogP contribution is 2.24. The number of thioether (sulfide) groups is 1. The van der Waals surface area contributed by atoms with Crippen molar-refractivity contribution in [1.82, 2.24) is 14.3 Å². The van der Waals surface area contributed by atoms with Gasteiger partial charge < -0.3 is 10.3 Å². The highest BCUT2D eigenvalue weighted by molar-refractivity contribution is 9.10. The fourth-order valence-electron chi connectivity index (χ4n) is 3.20. The lowest BCUT2D eigenvalue weighted by molar-refractivity contribution is -0.113. The Labute approximate surface area is 215 Å². The molecule has 2 N–H and O–H groups in total. The van der Waals surface area contributed by atoms with Gasteiger partial charge in [0.15, 0.2) is 5.16 Å². The van der Waals surface area contributed by atoms with E-state index in [0.717, 1.165) is 16.2 Å². The molecule has 0 unspecified atom stereocenters. The van der Waals surface area contributed by atoms with Gasteiger partial charge in [0.1, 0.15) is 11.6 Å². The van der Waals surface area contributed by atoms with Crippen molar-refractivity contribution in [2.24, 2.45) is 0 Å². The van der Waals surface area contributed by atoms with Gasteiger partial charge in [-0.2, -0.15) is 9.57 Å². The van der Waals surface area contributed by atoms with E-state index >= 15 is 0 Å². The summed E-state index contributed by atoms with van der Waals surface area (Å²) in [6.07, 6.45) is 0. The van der Waals surface area contributed by atoms with Crippen LogP contribution in [0.15, 0.2) is 67.9 Å². The number of nitrogens with one attached hydrogen (secondary N) is 2. The number of rotatable bonds is 9. The Hall–Kier alpha value is -2.98. The number of aromatic amines is 1. The summed E-state index contributed by atoms with van der Waals surface area (Å²) in [5, 5.41) is 12.3. The third-order valence-corrected chi connectivity index (χ3v) is 8.41. The first-order chi connectivity index (χ1) is 16.7. The quantitative estimate of drug-likeness (QED) is 0.292. The molecule has 0 bridgehead atoms. The third-order valence-electron chi connectivity index (χ3n) is 4.95. The third kappa shape index (κ3) is 6.37. The lowest BCUT2D eigenvalue weighted by Crippen LogP contribution is -2.30. The molecule has 0 aliphatic carbocycles. The second-order valence-corrected chi connectivity index (χ2v) is 11.0. The van der Waals surface area contributed by atoms with E-state index in [9.17, 15) is 23.3 Å². The van der Waals surface area contributed by atoms with Crippen molar-refractivity contribution >= 4 is 49.3 Å². The average molecular weight is 576 g/mol. The van der Waals surface area contributed by atoms with Gasteiger partial charge in [-0.25, -0.2) is 13.4 Å². The number of halogens is 1. The van der Waals surface area contributed by atoms with E-state index in [-0.39, 0.29) is 33.0 Å². The van der Waals surface area contributed by atoms with Crippen LogP contribution in [0.5, 0.6) is 0 Å². The Kier molecular flexibility index (Phi) is 8.85. The van der Waals surface area contributed by atoms with E-state index in [1.807, 2.05) is 6.07 Å². The highest BCUT2D eigenvalue weighted by Gasteiger charge is 2.21. The topological polar surface area (TPSA) is 136 Å². The number of hydrogen-bond donors (Lipinski definition) is 2. The number of aromatic nitrogens is 2. The predicted molar refractivity (Wildman–Crippen MR) is 139 cm³/mol. The Balaban J connectivity index is 1.71. The van der Waals surface area contributed by atoms with Crippen LogP contribution in [0.25, 0.3) is 11.3 Å². The van der Waals surface area contributed by atoms with Gasteiger partial charge in [-0.1, -0.05) is 53.7 Å². The number of carbonyl (C=O) groups excluding carboxylic acids is 1. The molecule has 1 heterocycles. The Morgan fingerprint density at radius 2 is 1.77 bits per heavy atom. The van der Waals surface area contributed by atoms with E-state index in [1.165, 1.54) is 28.6 Å². The van der Waals surface area contributed by atoms with Gasteiger partial charge in [0, 0.05) is 28.8 Å². The van der Waals surface area contributed by atoms with Gasteiger partial charge in [-0.05, 0) is 36.4 Å². The Bertz CT molecular complexity index is 1410. The fraction of sp³-hybridized carbons (Fsp3) is 0.217. The van der Waals surface area contributed by atoms with Crippen molar-refractivity contribution in [1.29, 1.82) is 5.26 Å². The molecule has 35 heavy (non-hydrogen) atoms. The normalized spacial score (nSPS) is 11.3. The minimum absolute atomic E-state index is 0.0614. The summed E-state index contributed by atoms with van der Waals surface area (Å²) in [5.41, 5.74) is 0.568. The summed E-state index contributed by atoms with van der Waals surface area (Å²) in [6, 6.07) is 14.8. The van der Waals surface area contributed by atoms with Crippen LogP contribution in [0.1, 0.15) is 19.4 Å². The molecule has 0 saturated heterocycles. The molecule has 1 amide bonds. The average Bonchev–Trinajstić information content (AvgIpc) is 2.84. The summed E-state index contributed by atoms with van der Waals surface area (Å²) in [7, 11) is -3.58. The monoisotopic (exact) mass is 575 g/mol. The van der Waals surface area contributed by atoms with Crippen LogP contribution in [0.4, 0.5) is 5.69 Å². The first-order valence-corrected chi connectivity index (χ1v) is 13.7. The van der Waals surface area contributed by atoms with Gasteiger partial charge in [0.05, 0.1) is 16.3 Å². The number of nitrogens with zero attached hydrogens (tertiary/aromatic N) is 3. The molecule has 0 fully saturated rings. The number of benzene rings is 2. The molecule has 182 valence electrons. The smallest absolute Gasteiger partial charge is 0.270 e. The number of carbonyl (C=O) groups is 1. The zero-order chi connectivity index (χ0) is 25.6. The van der Waals surface area contributed by atoms with E-state index in [4.69, 9.17) is 0 Å². The van der Waals surface area contributed by atoms with Crippen molar-refractivity contribution in [2.75, 3.05) is 24.2 Å². The van der Waals surface area contributed by atoms with Crippen LogP contribution in [0.2, 0.25) is 0 Å². The molecule has 9 nitrogen and oxygen atoms in total. The maximum Gasteiger partial charge on any atom is 0.270 e. The fourth-order valence-corrected chi connectivity index (χ4v) is 5.58. The highest BCUT2D eigenvalue weighted by atomic mass is 79.9. The molecule has 0 atom stereocenters. The van der Waals surface area contributed by atoms with Crippen LogP contribution in [0.3, 0.4) is 0 Å². The maximum absolute atomic E-state index is 12.6. The number of hydrogen-bond acceptors (Lipinski definition) is 7. The molecular weight excluding hydrogens is 554 g/mol. The van der Waals surface area contributed by atoms with Crippen LogP contribution >= 0.6 is 27.7 Å². The number of H-pyrrole nitrogens is 1. The summed E-state index contributed by atoms with van der Waals surface area (Å²) in [6.45, 7) is 4.27.